The number of halogens is 1. The van der Waals surface area contributed by atoms with Gasteiger partial charge >= 0.3 is 0 Å². The van der Waals surface area contributed by atoms with Crippen LogP contribution in [0.15, 0.2) is 23.1 Å². The first-order valence-electron chi connectivity index (χ1n) is 4.77. The molecular formula is C11H14FNOS. The van der Waals surface area contributed by atoms with Crippen molar-refractivity contribution < 1.29 is 9.18 Å². The molecule has 1 amide bonds. The average Bonchev–Trinajstić information content (AvgIpc) is 2.18. The van der Waals surface area contributed by atoms with E-state index in [4.69, 9.17) is 0 Å². The van der Waals surface area contributed by atoms with Crippen molar-refractivity contribution in [2.45, 2.75) is 18.7 Å². The second kappa shape index (κ2) is 5.16. The molecule has 0 unspecified atom stereocenters. The van der Waals surface area contributed by atoms with Gasteiger partial charge in [0, 0.05) is 17.0 Å². The Balaban J connectivity index is 2.70. The number of carbonyl (C=O) groups excluding carboxylic acids is 1. The molecule has 0 saturated carbocycles. The average molecular weight is 227 g/mol. The predicted octanol–water partition coefficient (Wildman–Crippen LogP) is 2.50. The molecule has 0 saturated heterocycles. The van der Waals surface area contributed by atoms with Gasteiger partial charge in [-0.15, -0.1) is 12.6 Å². The van der Waals surface area contributed by atoms with Crippen LogP contribution in [0, 0.1) is 11.7 Å². The maximum atomic E-state index is 12.9. The minimum Gasteiger partial charge on any atom is -0.352 e. The van der Waals surface area contributed by atoms with Gasteiger partial charge in [-0.1, -0.05) is 13.8 Å². The molecule has 2 nitrogen and oxygen atoms in total. The van der Waals surface area contributed by atoms with E-state index in [-0.39, 0.29) is 10.8 Å². The number of carbonyl (C=O) groups is 1. The van der Waals surface area contributed by atoms with Crippen molar-refractivity contribution in [1.29, 1.82) is 0 Å². The van der Waals surface area contributed by atoms with Crippen LogP contribution >= 0.6 is 12.6 Å². The summed E-state index contributed by atoms with van der Waals surface area (Å²) in [5.41, 5.74) is 0.432. The number of rotatable bonds is 3. The Labute approximate surface area is 94.3 Å². The van der Waals surface area contributed by atoms with E-state index in [9.17, 15) is 9.18 Å². The molecule has 0 aromatic heterocycles. The van der Waals surface area contributed by atoms with Crippen molar-refractivity contribution >= 4 is 18.5 Å². The van der Waals surface area contributed by atoms with Crippen LogP contribution in [0.5, 0.6) is 0 Å². The lowest BCUT2D eigenvalue weighted by atomic mass is 10.2. The number of hydrogen-bond acceptors (Lipinski definition) is 2. The molecule has 15 heavy (non-hydrogen) atoms. The summed E-state index contributed by atoms with van der Waals surface area (Å²) in [5.74, 6) is -0.220. The summed E-state index contributed by atoms with van der Waals surface area (Å²) in [6, 6.07) is 4.12. The monoisotopic (exact) mass is 227 g/mol. The van der Waals surface area contributed by atoms with Gasteiger partial charge in [-0.25, -0.2) is 4.39 Å². The molecule has 0 spiro atoms. The summed E-state index contributed by atoms with van der Waals surface area (Å²) in [7, 11) is 0. The number of nitrogens with one attached hydrogen (secondary N) is 1. The van der Waals surface area contributed by atoms with Crippen molar-refractivity contribution in [3.05, 3.63) is 29.6 Å². The molecule has 0 aliphatic heterocycles. The summed E-state index contributed by atoms with van der Waals surface area (Å²) in [6.07, 6.45) is 0. The molecule has 1 N–H and O–H groups in total. The zero-order chi connectivity index (χ0) is 11.4. The lowest BCUT2D eigenvalue weighted by Gasteiger charge is -2.07. The highest BCUT2D eigenvalue weighted by Crippen LogP contribution is 2.14. The molecule has 0 heterocycles. The van der Waals surface area contributed by atoms with E-state index in [0.29, 0.717) is 18.0 Å². The molecule has 1 aromatic carbocycles. The van der Waals surface area contributed by atoms with Crippen LogP contribution in [-0.2, 0) is 0 Å². The number of thiol groups is 1. The highest BCUT2D eigenvalue weighted by Gasteiger charge is 2.07. The second-order valence-corrected chi connectivity index (χ2v) is 4.25. The first kappa shape index (κ1) is 12.0. The van der Waals surface area contributed by atoms with Gasteiger partial charge in [0.2, 0.25) is 0 Å². The van der Waals surface area contributed by atoms with E-state index >= 15 is 0 Å². The number of hydrogen-bond donors (Lipinski definition) is 2. The van der Waals surface area contributed by atoms with Crippen LogP contribution < -0.4 is 5.32 Å². The second-order valence-electron chi connectivity index (χ2n) is 3.77. The molecule has 1 rings (SSSR count). The van der Waals surface area contributed by atoms with Gasteiger partial charge in [0.05, 0.1) is 0 Å². The van der Waals surface area contributed by atoms with Crippen LogP contribution in [0.2, 0.25) is 0 Å². The minimum atomic E-state index is -0.418. The van der Waals surface area contributed by atoms with E-state index in [0.717, 1.165) is 0 Å². The third kappa shape index (κ3) is 3.55. The Kier molecular flexibility index (Phi) is 4.15. The van der Waals surface area contributed by atoms with Crippen LogP contribution in [0.25, 0.3) is 0 Å². The molecular weight excluding hydrogens is 213 g/mol. The Bertz CT molecular complexity index is 366. The lowest BCUT2D eigenvalue weighted by molar-refractivity contribution is 0.0948. The fraction of sp³-hybridized carbons (Fsp3) is 0.364. The minimum absolute atomic E-state index is 0.187. The fourth-order valence-electron chi connectivity index (χ4n) is 1.05. The summed E-state index contributed by atoms with van der Waals surface area (Å²) < 4.78 is 12.9. The molecule has 4 heteroatoms. The van der Waals surface area contributed by atoms with Crippen LogP contribution in [0.1, 0.15) is 24.2 Å². The normalized spacial score (nSPS) is 10.5. The Morgan fingerprint density at radius 2 is 2.20 bits per heavy atom. The summed E-state index contributed by atoms with van der Waals surface area (Å²) >= 11 is 3.92. The standard InChI is InChI=1S/C11H14FNOS/c1-7(2)6-13-11(14)8-3-4-9(12)10(15)5-8/h3-5,7,15H,6H2,1-2H3,(H,13,14). The highest BCUT2D eigenvalue weighted by molar-refractivity contribution is 7.80. The quantitative estimate of drug-likeness (QED) is 0.763. The number of amides is 1. The van der Waals surface area contributed by atoms with Crippen molar-refractivity contribution in [3.63, 3.8) is 0 Å². The summed E-state index contributed by atoms with van der Waals surface area (Å²) in [6.45, 7) is 4.63. The van der Waals surface area contributed by atoms with E-state index < -0.39 is 5.82 Å². The molecule has 0 aliphatic rings. The van der Waals surface area contributed by atoms with Gasteiger partial charge in [-0.2, -0.15) is 0 Å². The maximum Gasteiger partial charge on any atom is 0.251 e. The SMILES string of the molecule is CC(C)CNC(=O)c1ccc(F)c(S)c1. The fourth-order valence-corrected chi connectivity index (χ4v) is 1.27. The van der Waals surface area contributed by atoms with Crippen LogP contribution in [0.3, 0.4) is 0 Å². The van der Waals surface area contributed by atoms with Crippen molar-refractivity contribution in [1.82, 2.24) is 5.32 Å². The number of benzene rings is 1. The summed E-state index contributed by atoms with van der Waals surface area (Å²) in [5, 5.41) is 2.75. The predicted molar refractivity (Wildman–Crippen MR) is 60.8 cm³/mol. The van der Waals surface area contributed by atoms with Gasteiger partial charge in [0.15, 0.2) is 0 Å². The van der Waals surface area contributed by atoms with Crippen LogP contribution in [0.4, 0.5) is 4.39 Å². The van der Waals surface area contributed by atoms with Crippen molar-refractivity contribution in [2.24, 2.45) is 5.92 Å². The van der Waals surface area contributed by atoms with E-state index in [2.05, 4.69) is 17.9 Å². The van der Waals surface area contributed by atoms with E-state index in [1.54, 1.807) is 0 Å². The van der Waals surface area contributed by atoms with E-state index in [1.165, 1.54) is 18.2 Å². The smallest absolute Gasteiger partial charge is 0.251 e. The van der Waals surface area contributed by atoms with Crippen molar-refractivity contribution in [2.75, 3.05) is 6.54 Å². The molecule has 0 bridgehead atoms. The Morgan fingerprint density at radius 1 is 1.53 bits per heavy atom. The summed E-state index contributed by atoms with van der Waals surface area (Å²) in [4.78, 5) is 11.7. The third-order valence-electron chi connectivity index (χ3n) is 1.88. The van der Waals surface area contributed by atoms with Gasteiger partial charge in [-0.05, 0) is 24.1 Å². The van der Waals surface area contributed by atoms with Gasteiger partial charge in [0.25, 0.3) is 5.91 Å². The zero-order valence-electron chi connectivity index (χ0n) is 8.75. The van der Waals surface area contributed by atoms with Gasteiger partial charge in [-0.3, -0.25) is 4.79 Å². The highest BCUT2D eigenvalue weighted by atomic mass is 32.1. The maximum absolute atomic E-state index is 12.9. The third-order valence-corrected chi connectivity index (χ3v) is 2.22. The zero-order valence-corrected chi connectivity index (χ0v) is 9.64. The molecule has 0 atom stereocenters. The Morgan fingerprint density at radius 3 is 2.73 bits per heavy atom. The largest absolute Gasteiger partial charge is 0.352 e. The van der Waals surface area contributed by atoms with Crippen molar-refractivity contribution in [3.8, 4) is 0 Å². The van der Waals surface area contributed by atoms with Gasteiger partial charge in [0.1, 0.15) is 5.82 Å². The molecule has 0 radical (unpaired) electrons. The molecule has 82 valence electrons. The Hall–Kier alpha value is -1.03. The van der Waals surface area contributed by atoms with Crippen LogP contribution in [-0.4, -0.2) is 12.5 Å². The molecule has 1 aromatic rings. The lowest BCUT2D eigenvalue weighted by Crippen LogP contribution is -2.27. The van der Waals surface area contributed by atoms with E-state index in [1.807, 2.05) is 13.8 Å². The van der Waals surface area contributed by atoms with Gasteiger partial charge < -0.3 is 5.32 Å². The molecule has 0 fully saturated rings. The molecule has 0 aliphatic carbocycles. The first-order chi connectivity index (χ1) is 7.00. The first-order valence-corrected chi connectivity index (χ1v) is 5.22. The topological polar surface area (TPSA) is 29.1 Å².